The molecular weight excluding hydrogens is 446 g/mol. The highest BCUT2D eigenvalue weighted by Crippen LogP contribution is 2.45. The van der Waals surface area contributed by atoms with Crippen molar-refractivity contribution in [2.24, 2.45) is 5.41 Å². The second-order valence-corrected chi connectivity index (χ2v) is 10.6. The predicted molar refractivity (Wildman–Crippen MR) is 132 cm³/mol. The Morgan fingerprint density at radius 3 is 2.50 bits per heavy atom. The number of aromatic amines is 1. The topological polar surface area (TPSA) is 76.0 Å². The Kier molecular flexibility index (Phi) is 4.93. The molecule has 1 spiro atoms. The average Bonchev–Trinajstić information content (AvgIpc) is 3.16. The van der Waals surface area contributed by atoms with Gasteiger partial charge in [0.1, 0.15) is 0 Å². The number of aryl methyl sites for hydroxylation is 1. The Balaban J connectivity index is 1.19. The van der Waals surface area contributed by atoms with Crippen molar-refractivity contribution < 1.29 is 4.79 Å². The first kappa shape index (κ1) is 21.2. The lowest BCUT2D eigenvalue weighted by Gasteiger charge is -2.61. The summed E-state index contributed by atoms with van der Waals surface area (Å²) in [5, 5.41) is 16.7. The van der Waals surface area contributed by atoms with Crippen LogP contribution in [0.3, 0.4) is 0 Å². The summed E-state index contributed by atoms with van der Waals surface area (Å²) in [6.45, 7) is 5.49. The van der Waals surface area contributed by atoms with Gasteiger partial charge in [-0.25, -0.2) is 0 Å². The van der Waals surface area contributed by atoms with Gasteiger partial charge in [0.25, 0.3) is 5.91 Å². The molecule has 2 aliphatic heterocycles. The molecule has 34 heavy (non-hydrogen) atoms. The quantitative estimate of drug-likeness (QED) is 0.571. The van der Waals surface area contributed by atoms with Crippen LogP contribution in [0.4, 0.5) is 5.69 Å². The van der Waals surface area contributed by atoms with Gasteiger partial charge in [-0.05, 0) is 67.1 Å². The number of nitriles is 1. The summed E-state index contributed by atoms with van der Waals surface area (Å²) in [5.74, 6) is 0.615. The van der Waals surface area contributed by atoms with E-state index in [0.29, 0.717) is 16.5 Å². The average molecular weight is 472 g/mol. The number of anilines is 1. The zero-order chi connectivity index (χ0) is 23.4. The number of hydrogen-bond acceptors (Lipinski definition) is 4. The van der Waals surface area contributed by atoms with Gasteiger partial charge in [0.05, 0.1) is 28.5 Å². The lowest BCUT2D eigenvalue weighted by atomic mass is 9.72. The SMILES string of the molecule is Cc1cc(C2CCC2)c(-c2[nH]ncc2Cl)cc1C(=O)N1CC2(C1)CN(c1ccc(C#N)cc1)C2. The molecule has 0 unspecified atom stereocenters. The van der Waals surface area contributed by atoms with Gasteiger partial charge in [-0.2, -0.15) is 10.4 Å². The van der Waals surface area contributed by atoms with E-state index >= 15 is 0 Å². The van der Waals surface area contributed by atoms with Gasteiger partial charge in [0.2, 0.25) is 0 Å². The van der Waals surface area contributed by atoms with Crippen LogP contribution < -0.4 is 4.90 Å². The van der Waals surface area contributed by atoms with E-state index in [4.69, 9.17) is 16.9 Å². The van der Waals surface area contributed by atoms with Gasteiger partial charge in [0.15, 0.2) is 0 Å². The van der Waals surface area contributed by atoms with Crippen LogP contribution in [0.15, 0.2) is 42.6 Å². The largest absolute Gasteiger partial charge is 0.370 e. The summed E-state index contributed by atoms with van der Waals surface area (Å²) in [4.78, 5) is 17.8. The van der Waals surface area contributed by atoms with Gasteiger partial charge < -0.3 is 9.80 Å². The third-order valence-electron chi connectivity index (χ3n) is 7.79. The first-order chi connectivity index (χ1) is 16.5. The number of amides is 1. The first-order valence-electron chi connectivity index (χ1n) is 11.8. The van der Waals surface area contributed by atoms with Crippen molar-refractivity contribution in [2.75, 3.05) is 31.1 Å². The number of aromatic nitrogens is 2. The number of H-pyrrole nitrogens is 1. The molecule has 3 aromatic rings. The number of likely N-dealkylation sites (tertiary alicyclic amines) is 1. The molecule has 7 heteroatoms. The van der Waals surface area contributed by atoms with Gasteiger partial charge >= 0.3 is 0 Å². The van der Waals surface area contributed by atoms with Crippen molar-refractivity contribution in [3.63, 3.8) is 0 Å². The van der Waals surface area contributed by atoms with E-state index in [9.17, 15) is 4.79 Å². The van der Waals surface area contributed by atoms with E-state index in [1.807, 2.05) is 42.2 Å². The maximum atomic E-state index is 13.5. The maximum absolute atomic E-state index is 13.5. The summed E-state index contributed by atoms with van der Waals surface area (Å²) in [6, 6.07) is 14.1. The first-order valence-corrected chi connectivity index (χ1v) is 12.2. The smallest absolute Gasteiger partial charge is 0.254 e. The van der Waals surface area contributed by atoms with Crippen molar-refractivity contribution >= 4 is 23.2 Å². The standard InChI is InChI=1S/C27H26ClN5O/c1-17-9-22(19-3-2-4-19)23(25-24(28)12-30-31-25)10-21(17)26(34)33-15-27(16-33)13-32(14-27)20-7-5-18(11-29)6-8-20/h5-10,12,19H,2-4,13-16H2,1H3,(H,30,31). The molecule has 6 nitrogen and oxygen atoms in total. The second kappa shape index (κ2) is 7.89. The molecule has 0 atom stereocenters. The molecule has 1 saturated carbocycles. The Hall–Kier alpha value is -3.30. The van der Waals surface area contributed by atoms with Crippen LogP contribution in [0.1, 0.15) is 52.2 Å². The third-order valence-corrected chi connectivity index (χ3v) is 8.07. The number of nitrogens with one attached hydrogen (secondary N) is 1. The molecule has 0 bridgehead atoms. The summed E-state index contributed by atoms with van der Waals surface area (Å²) < 4.78 is 0. The molecule has 1 aromatic heterocycles. The van der Waals surface area contributed by atoms with Crippen LogP contribution in [-0.2, 0) is 0 Å². The van der Waals surface area contributed by atoms with Crippen LogP contribution in [-0.4, -0.2) is 47.2 Å². The Morgan fingerprint density at radius 2 is 1.91 bits per heavy atom. The van der Waals surface area contributed by atoms with E-state index in [2.05, 4.69) is 27.2 Å². The molecule has 2 aromatic carbocycles. The number of carbonyl (C=O) groups excluding carboxylic acids is 1. The van der Waals surface area contributed by atoms with Gasteiger partial charge in [-0.1, -0.05) is 24.1 Å². The molecule has 3 fully saturated rings. The minimum atomic E-state index is 0.0944. The zero-order valence-electron chi connectivity index (χ0n) is 19.1. The van der Waals surface area contributed by atoms with E-state index in [-0.39, 0.29) is 11.3 Å². The number of benzene rings is 2. The van der Waals surface area contributed by atoms with Crippen molar-refractivity contribution in [3.8, 4) is 17.3 Å². The van der Waals surface area contributed by atoms with E-state index in [0.717, 1.165) is 54.3 Å². The van der Waals surface area contributed by atoms with Crippen molar-refractivity contribution in [2.45, 2.75) is 32.1 Å². The molecule has 1 amide bonds. The van der Waals surface area contributed by atoms with Crippen molar-refractivity contribution in [3.05, 3.63) is 69.9 Å². The minimum Gasteiger partial charge on any atom is -0.370 e. The highest BCUT2D eigenvalue weighted by atomic mass is 35.5. The molecular formula is C27H26ClN5O. The molecule has 3 heterocycles. The Bertz CT molecular complexity index is 1300. The number of carbonyl (C=O) groups is 1. The zero-order valence-corrected chi connectivity index (χ0v) is 19.9. The fourth-order valence-corrected chi connectivity index (χ4v) is 5.86. The Morgan fingerprint density at radius 1 is 1.18 bits per heavy atom. The second-order valence-electron chi connectivity index (χ2n) is 10.2. The van der Waals surface area contributed by atoms with Gasteiger partial charge in [-0.3, -0.25) is 9.89 Å². The fraction of sp³-hybridized carbons (Fsp3) is 0.370. The van der Waals surface area contributed by atoms with Crippen LogP contribution in [0.25, 0.3) is 11.3 Å². The number of halogens is 1. The number of rotatable bonds is 4. The minimum absolute atomic E-state index is 0.0944. The highest BCUT2D eigenvalue weighted by molar-refractivity contribution is 6.33. The summed E-state index contributed by atoms with van der Waals surface area (Å²) >= 11 is 6.42. The predicted octanol–water partition coefficient (Wildman–Crippen LogP) is 5.14. The molecule has 6 rings (SSSR count). The summed E-state index contributed by atoms with van der Waals surface area (Å²) in [6.07, 6.45) is 5.22. The highest BCUT2D eigenvalue weighted by Gasteiger charge is 2.53. The van der Waals surface area contributed by atoms with E-state index in [1.54, 1.807) is 6.20 Å². The van der Waals surface area contributed by atoms with E-state index < -0.39 is 0 Å². The maximum Gasteiger partial charge on any atom is 0.254 e. The van der Waals surface area contributed by atoms with Crippen LogP contribution >= 0.6 is 11.6 Å². The van der Waals surface area contributed by atoms with Crippen molar-refractivity contribution in [1.29, 1.82) is 5.26 Å². The number of nitrogens with zero attached hydrogens (tertiary/aromatic N) is 4. The van der Waals surface area contributed by atoms with E-state index in [1.165, 1.54) is 24.8 Å². The normalized spacial score (nSPS) is 18.7. The van der Waals surface area contributed by atoms with Gasteiger partial charge in [0, 0.05) is 48.4 Å². The van der Waals surface area contributed by atoms with Crippen LogP contribution in [0.2, 0.25) is 5.02 Å². The summed E-state index contributed by atoms with van der Waals surface area (Å²) in [5.41, 5.74) is 6.85. The summed E-state index contributed by atoms with van der Waals surface area (Å²) in [7, 11) is 0. The van der Waals surface area contributed by atoms with Crippen molar-refractivity contribution in [1.82, 2.24) is 15.1 Å². The molecule has 0 radical (unpaired) electrons. The lowest BCUT2D eigenvalue weighted by Crippen LogP contribution is -2.73. The van der Waals surface area contributed by atoms with Crippen LogP contribution in [0, 0.1) is 23.7 Å². The van der Waals surface area contributed by atoms with Crippen LogP contribution in [0.5, 0.6) is 0 Å². The molecule has 1 aliphatic carbocycles. The number of hydrogen-bond donors (Lipinski definition) is 1. The molecule has 2 saturated heterocycles. The monoisotopic (exact) mass is 471 g/mol. The molecule has 172 valence electrons. The third kappa shape index (κ3) is 3.38. The Labute approximate surface area is 204 Å². The molecule has 3 aliphatic rings. The fourth-order valence-electron chi connectivity index (χ4n) is 5.66. The van der Waals surface area contributed by atoms with Gasteiger partial charge in [-0.15, -0.1) is 0 Å². The molecule has 1 N–H and O–H groups in total. The lowest BCUT2D eigenvalue weighted by molar-refractivity contribution is -0.0105.